The molecule has 10 nitrogen and oxygen atoms in total. The lowest BCUT2D eigenvalue weighted by Crippen LogP contribution is -2.54. The Balaban J connectivity index is 0.000000193. The highest BCUT2D eigenvalue weighted by Crippen LogP contribution is 2.44. The summed E-state index contributed by atoms with van der Waals surface area (Å²) in [6.45, 7) is 19.4. The van der Waals surface area contributed by atoms with Crippen LogP contribution < -0.4 is 14.8 Å². The number of amides is 3. The van der Waals surface area contributed by atoms with Crippen LogP contribution in [-0.4, -0.2) is 102 Å². The summed E-state index contributed by atoms with van der Waals surface area (Å²) >= 11 is 0. The van der Waals surface area contributed by atoms with Crippen molar-refractivity contribution in [2.24, 2.45) is 0 Å². The van der Waals surface area contributed by atoms with Crippen LogP contribution in [0.5, 0.6) is 11.5 Å². The number of benzene rings is 4. The number of likely N-dealkylation sites (tertiary alicyclic amines) is 1. The number of nitrogens with zero attached hydrogens (tertiary/aromatic N) is 3. The number of piperidine rings is 2. The highest BCUT2D eigenvalue weighted by Gasteiger charge is 2.42. The molecule has 332 valence electrons. The lowest BCUT2D eigenvalue weighted by Gasteiger charge is -2.44. The zero-order chi connectivity index (χ0) is 44.8. The van der Waals surface area contributed by atoms with E-state index in [4.69, 9.17) is 14.2 Å². The van der Waals surface area contributed by atoms with Gasteiger partial charge in [-0.3, -0.25) is 9.59 Å². The molecule has 4 aliphatic heterocycles. The van der Waals surface area contributed by atoms with Crippen molar-refractivity contribution in [3.8, 4) is 11.5 Å². The molecule has 4 aromatic carbocycles. The van der Waals surface area contributed by atoms with Gasteiger partial charge in [0.05, 0.1) is 6.54 Å². The third-order valence-corrected chi connectivity index (χ3v) is 12.3. The summed E-state index contributed by atoms with van der Waals surface area (Å²) in [7, 11) is 0. The van der Waals surface area contributed by atoms with Crippen molar-refractivity contribution in [3.63, 3.8) is 0 Å². The number of hydrogen-bond acceptors (Lipinski definition) is 7. The summed E-state index contributed by atoms with van der Waals surface area (Å²) in [6.07, 6.45) is 7.87. The average molecular weight is 853 g/mol. The Bertz CT molecular complexity index is 2310. The van der Waals surface area contributed by atoms with E-state index in [0.717, 1.165) is 96.8 Å². The van der Waals surface area contributed by atoms with E-state index in [1.807, 2.05) is 125 Å². The lowest BCUT2D eigenvalue weighted by atomic mass is 9.83. The molecule has 0 bridgehead atoms. The molecule has 1 N–H and O–H groups in total. The number of rotatable bonds is 8. The van der Waals surface area contributed by atoms with E-state index in [-0.39, 0.29) is 23.5 Å². The fourth-order valence-electron chi connectivity index (χ4n) is 9.03. The number of para-hydroxylation sites is 2. The molecule has 4 aliphatic rings. The fraction of sp³-hybridized carbons (Fsp3) is 0.415. The maximum atomic E-state index is 12.8. The van der Waals surface area contributed by atoms with Gasteiger partial charge in [-0.2, -0.15) is 0 Å². The van der Waals surface area contributed by atoms with Crippen LogP contribution in [-0.2, 0) is 4.74 Å². The minimum absolute atomic E-state index is 0.0414. The SMILES string of the molecule is CCN(CC)C(=O)c1ccc(C2=CC3(CCCN(C(=O)OC(C)(C)C)C3)Oc3ccccc32)cc1.CCN(CC)C(=O)c1ccc(C2=CC3(CCCNC3)Oc3ccccc32)cc1. The monoisotopic (exact) mass is 852 g/mol. The molecule has 2 fully saturated rings. The zero-order valence-corrected chi connectivity index (χ0v) is 38.2. The van der Waals surface area contributed by atoms with E-state index in [2.05, 4.69) is 47.8 Å². The van der Waals surface area contributed by atoms with Crippen molar-refractivity contribution in [3.05, 3.63) is 143 Å². The van der Waals surface area contributed by atoms with Gasteiger partial charge < -0.3 is 34.2 Å². The molecule has 4 heterocycles. The first kappa shape index (κ1) is 45.2. The first-order valence-corrected chi connectivity index (χ1v) is 22.8. The van der Waals surface area contributed by atoms with Gasteiger partial charge in [-0.25, -0.2) is 4.79 Å². The number of carbonyl (C=O) groups excluding carboxylic acids is 3. The van der Waals surface area contributed by atoms with Gasteiger partial charge in [0.2, 0.25) is 0 Å². The molecule has 4 aromatic rings. The summed E-state index contributed by atoms with van der Waals surface area (Å²) in [5.41, 5.74) is 6.45. The predicted octanol–water partition coefficient (Wildman–Crippen LogP) is 9.88. The molecule has 10 heteroatoms. The fourth-order valence-corrected chi connectivity index (χ4v) is 9.03. The van der Waals surface area contributed by atoms with Crippen molar-refractivity contribution >= 4 is 29.1 Å². The maximum absolute atomic E-state index is 12.8. The first-order chi connectivity index (χ1) is 30.3. The molecule has 3 amide bonds. The molecule has 63 heavy (non-hydrogen) atoms. The smallest absolute Gasteiger partial charge is 0.410 e. The summed E-state index contributed by atoms with van der Waals surface area (Å²) in [6, 6.07) is 32.1. The van der Waals surface area contributed by atoms with E-state index in [1.54, 1.807) is 4.90 Å². The molecule has 2 atom stereocenters. The first-order valence-electron chi connectivity index (χ1n) is 22.8. The van der Waals surface area contributed by atoms with Gasteiger partial charge in [0.25, 0.3) is 11.8 Å². The molecule has 2 spiro atoms. The normalized spacial score (nSPS) is 20.1. The minimum atomic E-state index is -0.630. The standard InChI is InChI=1S/C29H36N2O4.C24H28N2O2/c1-6-30(7-2)26(32)22-15-13-21(14-16-22)24-19-29(34-25-12-9-8-11-23(24)25)17-10-18-31(20-29)27(33)35-28(3,4)5;1-3-26(4-2)23(27)19-12-10-18(11-13-19)21-16-24(14-7-15-25-17-24)28-22-9-6-5-8-20(21)22/h8-9,11-16,19H,6-7,10,17-18,20H2,1-5H3;5-6,8-13,16,25H,3-4,7,14-15,17H2,1-2H3. The Morgan fingerprint density at radius 1 is 0.651 bits per heavy atom. The zero-order valence-electron chi connectivity index (χ0n) is 38.2. The van der Waals surface area contributed by atoms with Gasteiger partial charge in [0.15, 0.2) is 0 Å². The summed E-state index contributed by atoms with van der Waals surface area (Å²) in [5.74, 6) is 1.87. The van der Waals surface area contributed by atoms with Crippen molar-refractivity contribution in [1.29, 1.82) is 0 Å². The Labute approximate surface area is 373 Å². The van der Waals surface area contributed by atoms with Gasteiger partial charge in [-0.15, -0.1) is 0 Å². The van der Waals surface area contributed by atoms with Gasteiger partial charge in [-0.1, -0.05) is 60.7 Å². The van der Waals surface area contributed by atoms with Gasteiger partial charge >= 0.3 is 6.09 Å². The topological polar surface area (TPSA) is 101 Å². The highest BCUT2D eigenvalue weighted by molar-refractivity contribution is 5.96. The Kier molecular flexibility index (Phi) is 13.8. The van der Waals surface area contributed by atoms with E-state index < -0.39 is 11.2 Å². The lowest BCUT2D eigenvalue weighted by molar-refractivity contribution is -0.0104. The number of ether oxygens (including phenoxy) is 3. The van der Waals surface area contributed by atoms with Gasteiger partial charge in [0.1, 0.15) is 28.3 Å². The quantitative estimate of drug-likeness (QED) is 0.188. The van der Waals surface area contributed by atoms with Crippen LogP contribution >= 0.6 is 0 Å². The second-order valence-corrected chi connectivity index (χ2v) is 17.8. The molecule has 2 saturated heterocycles. The Hall–Kier alpha value is -5.87. The van der Waals surface area contributed by atoms with Crippen LogP contribution in [0.1, 0.15) is 117 Å². The molecule has 0 saturated carbocycles. The number of hydrogen-bond donors (Lipinski definition) is 1. The van der Waals surface area contributed by atoms with Crippen molar-refractivity contribution in [1.82, 2.24) is 20.0 Å². The van der Waals surface area contributed by atoms with Crippen LogP contribution in [0.3, 0.4) is 0 Å². The van der Waals surface area contributed by atoms with Crippen LogP contribution in [0, 0.1) is 0 Å². The second kappa shape index (κ2) is 19.3. The predicted molar refractivity (Wildman–Crippen MR) is 250 cm³/mol. The van der Waals surface area contributed by atoms with Gasteiger partial charge in [0, 0.05) is 61.5 Å². The summed E-state index contributed by atoms with van der Waals surface area (Å²) in [4.78, 5) is 43.6. The van der Waals surface area contributed by atoms with Crippen molar-refractivity contribution < 1.29 is 28.6 Å². The number of carbonyl (C=O) groups is 3. The molecular weight excluding hydrogens is 789 g/mol. The van der Waals surface area contributed by atoms with Crippen LogP contribution in [0.4, 0.5) is 4.79 Å². The maximum Gasteiger partial charge on any atom is 0.410 e. The molecule has 0 aromatic heterocycles. The van der Waals surface area contributed by atoms with Crippen LogP contribution in [0.2, 0.25) is 0 Å². The average Bonchev–Trinajstić information content (AvgIpc) is 3.29. The van der Waals surface area contributed by atoms with Crippen LogP contribution in [0.15, 0.2) is 109 Å². The second-order valence-electron chi connectivity index (χ2n) is 17.8. The molecular formula is C53H64N4O6. The number of fused-ring (bicyclic) bond motifs is 2. The van der Waals surface area contributed by atoms with Gasteiger partial charge in [-0.05, 0) is 152 Å². The minimum Gasteiger partial charge on any atom is -0.481 e. The van der Waals surface area contributed by atoms with E-state index in [0.29, 0.717) is 31.7 Å². The van der Waals surface area contributed by atoms with Crippen molar-refractivity contribution in [2.75, 3.05) is 52.4 Å². The van der Waals surface area contributed by atoms with E-state index >= 15 is 0 Å². The summed E-state index contributed by atoms with van der Waals surface area (Å²) < 4.78 is 18.6. The third-order valence-electron chi connectivity index (χ3n) is 12.3. The molecule has 0 radical (unpaired) electrons. The Morgan fingerprint density at radius 3 is 1.57 bits per heavy atom. The summed E-state index contributed by atoms with van der Waals surface area (Å²) in [5, 5.41) is 3.48. The highest BCUT2D eigenvalue weighted by atomic mass is 16.6. The van der Waals surface area contributed by atoms with E-state index in [9.17, 15) is 14.4 Å². The largest absolute Gasteiger partial charge is 0.481 e. The van der Waals surface area contributed by atoms with Crippen molar-refractivity contribution in [2.45, 2.75) is 91.0 Å². The van der Waals surface area contributed by atoms with Crippen LogP contribution in [0.25, 0.3) is 11.1 Å². The molecule has 0 aliphatic carbocycles. The van der Waals surface area contributed by atoms with E-state index in [1.165, 1.54) is 5.57 Å². The molecule has 8 rings (SSSR count). The molecule has 2 unspecified atom stereocenters. The number of nitrogens with one attached hydrogen (secondary N) is 1. The Morgan fingerprint density at radius 2 is 1.11 bits per heavy atom. The third kappa shape index (κ3) is 10.2.